The van der Waals surface area contributed by atoms with Crippen LogP contribution in [0.2, 0.25) is 0 Å². The molecule has 0 aromatic rings. The van der Waals surface area contributed by atoms with Crippen molar-refractivity contribution in [2.75, 3.05) is 47.4 Å². The minimum atomic E-state index is -0.115. The molecule has 0 rings (SSSR count). The molecule has 0 aromatic carbocycles. The number of hydrogen-bond donors (Lipinski definition) is 1. The highest BCUT2D eigenvalue weighted by molar-refractivity contribution is 5.85. The lowest BCUT2D eigenvalue weighted by molar-refractivity contribution is -0.142. The molecule has 0 aliphatic rings. The zero-order valence-electron chi connectivity index (χ0n) is 12.5. The SMILES string of the molecule is COCCN(CC(=O)N(C)C)C(=O)C(C)CCCN. The fraction of sp³-hybridized carbons (Fsp3) is 0.846. The summed E-state index contributed by atoms with van der Waals surface area (Å²) in [5.41, 5.74) is 5.45. The summed E-state index contributed by atoms with van der Waals surface area (Å²) in [5.74, 6) is -0.216. The molecule has 1 atom stereocenters. The molecule has 6 nitrogen and oxygen atoms in total. The van der Waals surface area contributed by atoms with Gasteiger partial charge in [-0.2, -0.15) is 0 Å². The molecule has 0 spiro atoms. The van der Waals surface area contributed by atoms with Gasteiger partial charge in [0.15, 0.2) is 0 Å². The second-order valence-electron chi connectivity index (χ2n) is 4.87. The van der Waals surface area contributed by atoms with Crippen LogP contribution < -0.4 is 5.73 Å². The summed E-state index contributed by atoms with van der Waals surface area (Å²) in [6.07, 6.45) is 1.56. The molecule has 0 saturated heterocycles. The van der Waals surface area contributed by atoms with E-state index in [-0.39, 0.29) is 24.3 Å². The molecule has 0 aromatic heterocycles. The number of methoxy groups -OCH3 is 1. The van der Waals surface area contributed by atoms with Crippen LogP contribution in [0.5, 0.6) is 0 Å². The van der Waals surface area contributed by atoms with Gasteiger partial charge in [0.25, 0.3) is 0 Å². The topological polar surface area (TPSA) is 75.9 Å². The van der Waals surface area contributed by atoms with E-state index in [1.807, 2.05) is 6.92 Å². The second kappa shape index (κ2) is 9.75. The highest BCUT2D eigenvalue weighted by atomic mass is 16.5. The van der Waals surface area contributed by atoms with Crippen LogP contribution in [0.4, 0.5) is 0 Å². The van der Waals surface area contributed by atoms with Gasteiger partial charge < -0.3 is 20.3 Å². The van der Waals surface area contributed by atoms with E-state index in [1.54, 1.807) is 26.1 Å². The van der Waals surface area contributed by atoms with Crippen LogP contribution in [-0.4, -0.2) is 69.1 Å². The van der Waals surface area contributed by atoms with E-state index in [0.717, 1.165) is 12.8 Å². The van der Waals surface area contributed by atoms with E-state index in [1.165, 1.54) is 4.90 Å². The Morgan fingerprint density at radius 1 is 1.32 bits per heavy atom. The Morgan fingerprint density at radius 3 is 2.42 bits per heavy atom. The molecule has 6 heteroatoms. The van der Waals surface area contributed by atoms with Crippen LogP contribution >= 0.6 is 0 Å². The first kappa shape index (κ1) is 17.9. The van der Waals surface area contributed by atoms with Gasteiger partial charge in [-0.3, -0.25) is 9.59 Å². The van der Waals surface area contributed by atoms with Gasteiger partial charge in [-0.1, -0.05) is 6.92 Å². The standard InChI is InChI=1S/C13H27N3O3/c1-11(6-5-7-14)13(18)16(8-9-19-4)10-12(17)15(2)3/h11H,5-10,14H2,1-4H3. The van der Waals surface area contributed by atoms with Gasteiger partial charge in [-0.05, 0) is 19.4 Å². The number of likely N-dealkylation sites (N-methyl/N-ethyl adjacent to an activating group) is 1. The third kappa shape index (κ3) is 7.12. The molecule has 19 heavy (non-hydrogen) atoms. The van der Waals surface area contributed by atoms with Gasteiger partial charge in [0, 0.05) is 33.7 Å². The summed E-state index contributed by atoms with van der Waals surface area (Å²) < 4.78 is 4.99. The van der Waals surface area contributed by atoms with Crippen molar-refractivity contribution >= 4 is 11.8 Å². The summed E-state index contributed by atoms with van der Waals surface area (Å²) in [6.45, 7) is 3.41. The van der Waals surface area contributed by atoms with Gasteiger partial charge in [0.1, 0.15) is 0 Å². The summed E-state index contributed by atoms with van der Waals surface area (Å²) in [5, 5.41) is 0. The van der Waals surface area contributed by atoms with E-state index in [4.69, 9.17) is 10.5 Å². The second-order valence-corrected chi connectivity index (χ2v) is 4.87. The lowest BCUT2D eigenvalue weighted by Gasteiger charge is -2.26. The Balaban J connectivity index is 4.54. The zero-order chi connectivity index (χ0) is 14.8. The molecule has 0 aliphatic heterocycles. The van der Waals surface area contributed by atoms with E-state index in [2.05, 4.69) is 0 Å². The first-order valence-electron chi connectivity index (χ1n) is 6.62. The molecule has 0 fully saturated rings. The summed E-state index contributed by atoms with van der Waals surface area (Å²) >= 11 is 0. The number of rotatable bonds is 9. The van der Waals surface area contributed by atoms with Crippen LogP contribution in [0, 0.1) is 5.92 Å². The fourth-order valence-electron chi connectivity index (χ4n) is 1.63. The number of carbonyl (C=O) groups excluding carboxylic acids is 2. The van der Waals surface area contributed by atoms with Crippen LogP contribution in [0.3, 0.4) is 0 Å². The molecule has 0 radical (unpaired) electrons. The minimum Gasteiger partial charge on any atom is -0.383 e. The van der Waals surface area contributed by atoms with Gasteiger partial charge in [0.2, 0.25) is 11.8 Å². The average Bonchev–Trinajstić information content (AvgIpc) is 2.39. The molecule has 2 amide bonds. The van der Waals surface area contributed by atoms with Gasteiger partial charge in [-0.15, -0.1) is 0 Å². The molecule has 0 saturated carbocycles. The number of nitrogens with two attached hydrogens (primary N) is 1. The Bertz CT molecular complexity index is 282. The molecule has 0 bridgehead atoms. The van der Waals surface area contributed by atoms with Crippen molar-refractivity contribution in [1.29, 1.82) is 0 Å². The third-order valence-corrected chi connectivity index (χ3v) is 2.96. The lowest BCUT2D eigenvalue weighted by Crippen LogP contribution is -2.44. The van der Waals surface area contributed by atoms with Crippen molar-refractivity contribution in [1.82, 2.24) is 9.80 Å². The van der Waals surface area contributed by atoms with Crippen molar-refractivity contribution in [2.45, 2.75) is 19.8 Å². The average molecular weight is 273 g/mol. The van der Waals surface area contributed by atoms with Gasteiger partial charge in [0.05, 0.1) is 13.2 Å². The number of hydrogen-bond acceptors (Lipinski definition) is 4. The highest BCUT2D eigenvalue weighted by Gasteiger charge is 2.22. The van der Waals surface area contributed by atoms with Crippen molar-refractivity contribution in [3.63, 3.8) is 0 Å². The third-order valence-electron chi connectivity index (χ3n) is 2.96. The summed E-state index contributed by atoms with van der Waals surface area (Å²) in [6, 6.07) is 0. The number of amides is 2. The molecule has 1 unspecified atom stereocenters. The maximum absolute atomic E-state index is 12.3. The van der Waals surface area contributed by atoms with Crippen LogP contribution in [0.15, 0.2) is 0 Å². The van der Waals surface area contributed by atoms with E-state index in [0.29, 0.717) is 19.7 Å². The Labute approximate surface area is 115 Å². The maximum atomic E-state index is 12.3. The first-order valence-corrected chi connectivity index (χ1v) is 6.62. The summed E-state index contributed by atoms with van der Waals surface area (Å²) in [4.78, 5) is 27.0. The van der Waals surface area contributed by atoms with Crippen molar-refractivity contribution in [3.05, 3.63) is 0 Å². The predicted octanol–water partition coefficient (Wildman–Crippen LogP) is -0.0754. The Hall–Kier alpha value is -1.14. The lowest BCUT2D eigenvalue weighted by atomic mass is 10.0. The quantitative estimate of drug-likeness (QED) is 0.638. The molecule has 2 N–H and O–H groups in total. The highest BCUT2D eigenvalue weighted by Crippen LogP contribution is 2.09. The maximum Gasteiger partial charge on any atom is 0.241 e. The smallest absolute Gasteiger partial charge is 0.241 e. The first-order chi connectivity index (χ1) is 8.93. The van der Waals surface area contributed by atoms with Crippen molar-refractivity contribution in [2.24, 2.45) is 11.7 Å². The van der Waals surface area contributed by atoms with Crippen LogP contribution in [0.25, 0.3) is 0 Å². The summed E-state index contributed by atoms with van der Waals surface area (Å²) in [7, 11) is 4.94. The van der Waals surface area contributed by atoms with Gasteiger partial charge >= 0.3 is 0 Å². The number of carbonyl (C=O) groups is 2. The minimum absolute atomic E-state index is 0.0132. The molecular weight excluding hydrogens is 246 g/mol. The van der Waals surface area contributed by atoms with Crippen LogP contribution in [-0.2, 0) is 14.3 Å². The molecule has 112 valence electrons. The molecule has 0 heterocycles. The van der Waals surface area contributed by atoms with Crippen molar-refractivity contribution in [3.8, 4) is 0 Å². The molecule has 0 aliphatic carbocycles. The fourth-order valence-corrected chi connectivity index (χ4v) is 1.63. The zero-order valence-corrected chi connectivity index (χ0v) is 12.5. The number of nitrogens with zero attached hydrogens (tertiary/aromatic N) is 2. The monoisotopic (exact) mass is 273 g/mol. The van der Waals surface area contributed by atoms with Crippen LogP contribution in [0.1, 0.15) is 19.8 Å². The molecular formula is C13H27N3O3. The normalized spacial score (nSPS) is 12.1. The van der Waals surface area contributed by atoms with Gasteiger partial charge in [-0.25, -0.2) is 0 Å². The Morgan fingerprint density at radius 2 is 1.95 bits per heavy atom. The largest absolute Gasteiger partial charge is 0.383 e. The number of ether oxygens (including phenoxy) is 1. The van der Waals surface area contributed by atoms with E-state index >= 15 is 0 Å². The Kier molecular flexibility index (Phi) is 9.16. The van der Waals surface area contributed by atoms with E-state index < -0.39 is 0 Å². The van der Waals surface area contributed by atoms with E-state index in [9.17, 15) is 9.59 Å². The predicted molar refractivity (Wildman–Crippen MR) is 74.6 cm³/mol. The van der Waals surface area contributed by atoms with Crippen molar-refractivity contribution < 1.29 is 14.3 Å².